The first-order valence-electron chi connectivity index (χ1n) is 3.63. The summed E-state index contributed by atoms with van der Waals surface area (Å²) in [6.45, 7) is 0.138. The Bertz CT molecular complexity index is 352. The van der Waals surface area contributed by atoms with Gasteiger partial charge in [0, 0.05) is 7.11 Å². The summed E-state index contributed by atoms with van der Waals surface area (Å²) in [6, 6.07) is 0. The van der Waals surface area contributed by atoms with Gasteiger partial charge in [-0.2, -0.15) is 13.2 Å². The number of carbonyl (C=O) groups excluding carboxylic acids is 1. The maximum Gasteiger partial charge on any atom is 0.471 e. The smallest absolute Gasteiger partial charge is 0.377 e. The van der Waals surface area contributed by atoms with Crippen LogP contribution in [-0.2, 0) is 16.1 Å². The Morgan fingerprint density at radius 1 is 1.53 bits per heavy atom. The molecule has 1 aromatic heterocycles. The highest BCUT2D eigenvalue weighted by Crippen LogP contribution is 2.20. The zero-order valence-electron chi connectivity index (χ0n) is 7.46. The fourth-order valence-corrected chi connectivity index (χ4v) is 1.36. The molecular formula is C6H6F3N3O2S. The Kier molecular flexibility index (Phi) is 3.58. The van der Waals surface area contributed by atoms with Crippen LogP contribution in [-0.4, -0.2) is 29.4 Å². The number of carbonyl (C=O) groups is 1. The summed E-state index contributed by atoms with van der Waals surface area (Å²) in [5.41, 5.74) is 0. The number of ether oxygens (including phenoxy) is 1. The van der Waals surface area contributed by atoms with E-state index in [2.05, 4.69) is 14.9 Å². The molecule has 0 bridgehead atoms. The molecule has 0 spiro atoms. The Hall–Kier alpha value is -1.22. The molecule has 1 aromatic rings. The van der Waals surface area contributed by atoms with E-state index in [9.17, 15) is 18.0 Å². The summed E-state index contributed by atoms with van der Waals surface area (Å²) in [5, 5.41) is 8.61. The van der Waals surface area contributed by atoms with Crippen LogP contribution in [0.5, 0.6) is 0 Å². The number of rotatable bonds is 3. The molecule has 0 radical (unpaired) electrons. The summed E-state index contributed by atoms with van der Waals surface area (Å²) < 4.78 is 40.1. The summed E-state index contributed by atoms with van der Waals surface area (Å²) >= 11 is 0.823. The lowest BCUT2D eigenvalue weighted by atomic mass is 10.6. The number of nitrogens with zero attached hydrogens (tertiary/aromatic N) is 2. The lowest BCUT2D eigenvalue weighted by molar-refractivity contribution is -0.167. The molecule has 0 saturated heterocycles. The standard InChI is InChI=1S/C6H6F3N3O2S/c1-14-2-3-11-12-5(15-3)10-4(13)6(7,8)9/h2H2,1H3,(H,10,12,13). The molecule has 84 valence electrons. The Morgan fingerprint density at radius 2 is 2.20 bits per heavy atom. The zero-order chi connectivity index (χ0) is 11.5. The first-order chi connectivity index (χ1) is 6.93. The van der Waals surface area contributed by atoms with E-state index in [1.54, 1.807) is 5.32 Å². The topological polar surface area (TPSA) is 64.1 Å². The van der Waals surface area contributed by atoms with E-state index in [-0.39, 0.29) is 11.7 Å². The number of halogens is 3. The molecule has 0 aliphatic heterocycles. The average molecular weight is 241 g/mol. The number of hydrogen-bond donors (Lipinski definition) is 1. The summed E-state index contributed by atoms with van der Waals surface area (Å²) in [6.07, 6.45) is -4.92. The van der Waals surface area contributed by atoms with E-state index >= 15 is 0 Å². The van der Waals surface area contributed by atoms with Gasteiger partial charge >= 0.3 is 12.1 Å². The highest BCUT2D eigenvalue weighted by atomic mass is 32.1. The predicted octanol–water partition coefficient (Wildman–Crippen LogP) is 1.19. The van der Waals surface area contributed by atoms with Crippen molar-refractivity contribution in [3.63, 3.8) is 0 Å². The van der Waals surface area contributed by atoms with E-state index in [0.29, 0.717) is 5.01 Å². The van der Waals surface area contributed by atoms with Crippen LogP contribution in [0.15, 0.2) is 0 Å². The molecule has 1 heterocycles. The Balaban J connectivity index is 2.61. The van der Waals surface area contributed by atoms with Crippen molar-refractivity contribution >= 4 is 22.4 Å². The minimum atomic E-state index is -4.92. The molecule has 1 amide bonds. The first-order valence-corrected chi connectivity index (χ1v) is 4.44. The molecule has 0 aliphatic carbocycles. The molecule has 0 aromatic carbocycles. The third-order valence-electron chi connectivity index (χ3n) is 1.21. The van der Waals surface area contributed by atoms with E-state index in [0.717, 1.165) is 11.3 Å². The minimum Gasteiger partial charge on any atom is -0.377 e. The average Bonchev–Trinajstić information content (AvgIpc) is 2.51. The van der Waals surface area contributed by atoms with Crippen molar-refractivity contribution < 1.29 is 22.7 Å². The third-order valence-corrected chi connectivity index (χ3v) is 2.02. The monoisotopic (exact) mass is 241 g/mol. The van der Waals surface area contributed by atoms with Crippen LogP contribution in [0.4, 0.5) is 18.3 Å². The third kappa shape index (κ3) is 3.44. The second-order valence-electron chi connectivity index (χ2n) is 2.39. The minimum absolute atomic E-state index is 0.138. The Morgan fingerprint density at radius 3 is 2.73 bits per heavy atom. The zero-order valence-corrected chi connectivity index (χ0v) is 8.28. The van der Waals surface area contributed by atoms with E-state index in [1.165, 1.54) is 7.11 Å². The highest BCUT2D eigenvalue weighted by molar-refractivity contribution is 7.15. The van der Waals surface area contributed by atoms with Crippen LogP contribution >= 0.6 is 11.3 Å². The SMILES string of the molecule is COCc1nnc(NC(=O)C(F)(F)F)s1. The van der Waals surface area contributed by atoms with Crippen molar-refractivity contribution in [3.05, 3.63) is 5.01 Å². The molecule has 0 unspecified atom stereocenters. The van der Waals surface area contributed by atoms with Crippen molar-refractivity contribution in [2.24, 2.45) is 0 Å². The van der Waals surface area contributed by atoms with E-state index in [1.807, 2.05) is 0 Å². The highest BCUT2D eigenvalue weighted by Gasteiger charge is 2.39. The Labute approximate surface area is 86.3 Å². The number of alkyl halides is 3. The second kappa shape index (κ2) is 4.53. The van der Waals surface area contributed by atoms with Crippen LogP contribution in [0.25, 0.3) is 0 Å². The number of aromatic nitrogens is 2. The molecule has 5 nitrogen and oxygen atoms in total. The van der Waals surface area contributed by atoms with Crippen LogP contribution < -0.4 is 5.32 Å². The van der Waals surface area contributed by atoms with Gasteiger partial charge < -0.3 is 4.74 Å². The molecule has 0 fully saturated rings. The van der Waals surface area contributed by atoms with Gasteiger partial charge in [-0.05, 0) is 0 Å². The number of methoxy groups -OCH3 is 1. The lowest BCUT2D eigenvalue weighted by Gasteiger charge is -2.03. The van der Waals surface area contributed by atoms with Gasteiger partial charge in [-0.3, -0.25) is 10.1 Å². The van der Waals surface area contributed by atoms with Gasteiger partial charge in [0.2, 0.25) is 5.13 Å². The second-order valence-corrected chi connectivity index (χ2v) is 3.45. The maximum absolute atomic E-state index is 11.8. The lowest BCUT2D eigenvalue weighted by Crippen LogP contribution is -2.29. The molecule has 0 atom stereocenters. The van der Waals surface area contributed by atoms with Crippen molar-refractivity contribution in [1.82, 2.24) is 10.2 Å². The fraction of sp³-hybridized carbons (Fsp3) is 0.500. The van der Waals surface area contributed by atoms with Crippen molar-refractivity contribution in [2.45, 2.75) is 12.8 Å². The fourth-order valence-electron chi connectivity index (χ4n) is 0.654. The summed E-state index contributed by atoms with van der Waals surface area (Å²) in [7, 11) is 1.41. The van der Waals surface area contributed by atoms with Crippen LogP contribution in [0.1, 0.15) is 5.01 Å². The van der Waals surface area contributed by atoms with Gasteiger partial charge in [0.15, 0.2) is 0 Å². The first kappa shape index (κ1) is 11.9. The normalized spacial score (nSPS) is 11.5. The largest absolute Gasteiger partial charge is 0.471 e. The van der Waals surface area contributed by atoms with Gasteiger partial charge in [-0.25, -0.2) is 0 Å². The van der Waals surface area contributed by atoms with Gasteiger partial charge in [-0.15, -0.1) is 10.2 Å². The molecule has 1 N–H and O–H groups in total. The molecule has 0 aliphatic rings. The van der Waals surface area contributed by atoms with Crippen molar-refractivity contribution in [1.29, 1.82) is 0 Å². The number of amides is 1. The number of hydrogen-bond acceptors (Lipinski definition) is 5. The maximum atomic E-state index is 11.8. The van der Waals surface area contributed by atoms with E-state index in [4.69, 9.17) is 0 Å². The molecule has 9 heteroatoms. The van der Waals surface area contributed by atoms with Crippen LogP contribution in [0.3, 0.4) is 0 Å². The van der Waals surface area contributed by atoms with Crippen molar-refractivity contribution in [2.75, 3.05) is 12.4 Å². The molecular weight excluding hydrogens is 235 g/mol. The van der Waals surface area contributed by atoms with Gasteiger partial charge in [-0.1, -0.05) is 11.3 Å². The van der Waals surface area contributed by atoms with Gasteiger partial charge in [0.25, 0.3) is 0 Å². The number of nitrogens with one attached hydrogen (secondary N) is 1. The summed E-state index contributed by atoms with van der Waals surface area (Å²) in [4.78, 5) is 10.5. The van der Waals surface area contributed by atoms with E-state index < -0.39 is 12.1 Å². The van der Waals surface area contributed by atoms with Gasteiger partial charge in [0.1, 0.15) is 11.6 Å². The van der Waals surface area contributed by atoms with Crippen molar-refractivity contribution in [3.8, 4) is 0 Å². The molecule has 15 heavy (non-hydrogen) atoms. The van der Waals surface area contributed by atoms with Crippen LogP contribution in [0, 0.1) is 0 Å². The summed E-state index contributed by atoms with van der Waals surface area (Å²) in [5.74, 6) is -2.07. The van der Waals surface area contributed by atoms with Gasteiger partial charge in [0.05, 0.1) is 0 Å². The molecule has 0 saturated carbocycles. The quantitative estimate of drug-likeness (QED) is 0.863. The number of anilines is 1. The molecule has 1 rings (SSSR count). The van der Waals surface area contributed by atoms with Crippen LogP contribution in [0.2, 0.25) is 0 Å². The predicted molar refractivity (Wildman–Crippen MR) is 45.3 cm³/mol.